The van der Waals surface area contributed by atoms with Gasteiger partial charge in [0.25, 0.3) is 0 Å². The van der Waals surface area contributed by atoms with Gasteiger partial charge in [-0.05, 0) is 40.8 Å². The van der Waals surface area contributed by atoms with Gasteiger partial charge in [-0.25, -0.2) is 4.98 Å². The lowest BCUT2D eigenvalue weighted by molar-refractivity contribution is 0.827. The molecule has 1 aliphatic carbocycles. The normalized spacial score (nSPS) is 15.1. The van der Waals surface area contributed by atoms with E-state index in [2.05, 4.69) is 75.6 Å². The molecule has 1 heterocycles. The molecule has 0 N–H and O–H groups in total. The van der Waals surface area contributed by atoms with E-state index in [-0.39, 0.29) is 5.28 Å². The quantitative estimate of drug-likeness (QED) is 0.413. The molecule has 5 rings (SSSR count). The summed E-state index contributed by atoms with van der Waals surface area (Å²) >= 11 is 6.20. The van der Waals surface area contributed by atoms with E-state index >= 15 is 0 Å². The van der Waals surface area contributed by atoms with Crippen molar-refractivity contribution in [3.63, 3.8) is 0 Å². The predicted molar refractivity (Wildman–Crippen MR) is 118 cm³/mol. The van der Waals surface area contributed by atoms with E-state index in [1.165, 1.54) is 16.7 Å². The largest absolute Gasteiger partial charge is 0.226 e. The summed E-state index contributed by atoms with van der Waals surface area (Å²) in [4.78, 5) is 13.3. The van der Waals surface area contributed by atoms with Crippen LogP contribution in [0.5, 0.6) is 0 Å². The van der Waals surface area contributed by atoms with Crippen molar-refractivity contribution in [2.24, 2.45) is 0 Å². The highest BCUT2D eigenvalue weighted by molar-refractivity contribution is 6.28. The van der Waals surface area contributed by atoms with E-state index < -0.39 is 0 Å². The SMILES string of the molecule is Clc1nc(-c2ccccc2)nc(-c2ccc3c(c2)C=CC(c2ccccc2)C3)n1. The summed E-state index contributed by atoms with van der Waals surface area (Å²) in [5.41, 5.74) is 5.73. The number of aromatic nitrogens is 3. The first kappa shape index (κ1) is 17.8. The number of halogens is 1. The summed E-state index contributed by atoms with van der Waals surface area (Å²) in [7, 11) is 0. The van der Waals surface area contributed by atoms with E-state index in [9.17, 15) is 0 Å². The lowest BCUT2D eigenvalue weighted by atomic mass is 9.84. The van der Waals surface area contributed by atoms with Crippen LogP contribution in [0.1, 0.15) is 22.6 Å². The van der Waals surface area contributed by atoms with Gasteiger partial charge in [0.2, 0.25) is 5.28 Å². The van der Waals surface area contributed by atoms with E-state index in [0.717, 1.165) is 17.5 Å². The van der Waals surface area contributed by atoms with E-state index in [1.54, 1.807) is 0 Å². The predicted octanol–water partition coefficient (Wildman–Crippen LogP) is 6.21. The minimum atomic E-state index is 0.200. The smallest absolute Gasteiger partial charge is 0.208 e. The Hall–Kier alpha value is -3.30. The molecule has 0 fully saturated rings. The van der Waals surface area contributed by atoms with Crippen LogP contribution in [-0.4, -0.2) is 15.0 Å². The Morgan fingerprint density at radius 1 is 0.724 bits per heavy atom. The van der Waals surface area contributed by atoms with Gasteiger partial charge in [0.15, 0.2) is 11.6 Å². The van der Waals surface area contributed by atoms with Crippen molar-refractivity contribution >= 4 is 17.7 Å². The summed E-state index contributed by atoms with van der Waals surface area (Å²) < 4.78 is 0. The van der Waals surface area contributed by atoms with Crippen LogP contribution >= 0.6 is 11.6 Å². The zero-order chi connectivity index (χ0) is 19.6. The summed E-state index contributed by atoms with van der Waals surface area (Å²) in [6, 6.07) is 26.8. The molecule has 0 aliphatic heterocycles. The Bertz CT molecular complexity index is 1190. The van der Waals surface area contributed by atoms with Crippen molar-refractivity contribution in [2.45, 2.75) is 12.3 Å². The van der Waals surface area contributed by atoms with Gasteiger partial charge in [-0.3, -0.25) is 0 Å². The number of hydrogen-bond acceptors (Lipinski definition) is 3. The van der Waals surface area contributed by atoms with Crippen LogP contribution in [0.2, 0.25) is 5.28 Å². The zero-order valence-electron chi connectivity index (χ0n) is 15.7. The molecule has 1 atom stereocenters. The van der Waals surface area contributed by atoms with Crippen LogP contribution in [-0.2, 0) is 6.42 Å². The Labute approximate surface area is 174 Å². The van der Waals surface area contributed by atoms with Gasteiger partial charge in [-0.2, -0.15) is 9.97 Å². The molecule has 3 nitrogen and oxygen atoms in total. The molecule has 4 aromatic rings. The second-order valence-corrected chi connectivity index (χ2v) is 7.45. The van der Waals surface area contributed by atoms with Crippen LogP contribution < -0.4 is 0 Å². The van der Waals surface area contributed by atoms with Crippen molar-refractivity contribution in [2.75, 3.05) is 0 Å². The summed E-state index contributed by atoms with van der Waals surface area (Å²) in [6.45, 7) is 0. The number of benzene rings is 3. The third-order valence-electron chi connectivity index (χ3n) is 5.22. The lowest BCUT2D eigenvalue weighted by Gasteiger charge is -2.20. The fraction of sp³-hybridized carbons (Fsp3) is 0.0800. The molecule has 4 heteroatoms. The van der Waals surface area contributed by atoms with Gasteiger partial charge in [0.05, 0.1) is 0 Å². The minimum Gasteiger partial charge on any atom is -0.208 e. The van der Waals surface area contributed by atoms with Crippen LogP contribution in [0.3, 0.4) is 0 Å². The fourth-order valence-corrected chi connectivity index (χ4v) is 3.88. The van der Waals surface area contributed by atoms with Crippen molar-refractivity contribution in [3.8, 4) is 22.8 Å². The average molecular weight is 396 g/mol. The number of allylic oxidation sites excluding steroid dienone is 1. The Morgan fingerprint density at radius 3 is 2.17 bits per heavy atom. The Morgan fingerprint density at radius 2 is 1.41 bits per heavy atom. The first-order valence-corrected chi connectivity index (χ1v) is 9.97. The van der Waals surface area contributed by atoms with Crippen molar-refractivity contribution in [1.82, 2.24) is 15.0 Å². The van der Waals surface area contributed by atoms with Crippen LogP contribution in [0.15, 0.2) is 84.9 Å². The molecule has 3 aromatic carbocycles. The maximum absolute atomic E-state index is 6.20. The molecule has 0 radical (unpaired) electrons. The average Bonchev–Trinajstić information content (AvgIpc) is 2.79. The van der Waals surface area contributed by atoms with Gasteiger partial charge in [0, 0.05) is 17.0 Å². The molecular formula is C25H18ClN3. The van der Waals surface area contributed by atoms with E-state index in [1.807, 2.05) is 30.3 Å². The number of fused-ring (bicyclic) bond motifs is 1. The minimum absolute atomic E-state index is 0.200. The monoisotopic (exact) mass is 395 g/mol. The number of nitrogens with zero attached hydrogens (tertiary/aromatic N) is 3. The van der Waals surface area contributed by atoms with Gasteiger partial charge < -0.3 is 0 Å². The van der Waals surface area contributed by atoms with E-state index in [0.29, 0.717) is 17.6 Å². The molecule has 1 aliphatic rings. The Kier molecular flexibility index (Phi) is 4.66. The summed E-state index contributed by atoms with van der Waals surface area (Å²) in [5.74, 6) is 1.58. The zero-order valence-corrected chi connectivity index (χ0v) is 16.4. The molecule has 0 bridgehead atoms. The van der Waals surface area contributed by atoms with Gasteiger partial charge in [-0.15, -0.1) is 0 Å². The second-order valence-electron chi connectivity index (χ2n) is 7.11. The van der Waals surface area contributed by atoms with Crippen molar-refractivity contribution in [1.29, 1.82) is 0 Å². The lowest BCUT2D eigenvalue weighted by Crippen LogP contribution is -2.06. The Balaban J connectivity index is 1.49. The molecule has 29 heavy (non-hydrogen) atoms. The van der Waals surface area contributed by atoms with Gasteiger partial charge in [-0.1, -0.05) is 84.9 Å². The van der Waals surface area contributed by atoms with Gasteiger partial charge in [0.1, 0.15) is 0 Å². The van der Waals surface area contributed by atoms with E-state index in [4.69, 9.17) is 11.6 Å². The number of hydrogen-bond donors (Lipinski definition) is 0. The topological polar surface area (TPSA) is 38.7 Å². The number of rotatable bonds is 3. The molecule has 140 valence electrons. The molecule has 0 spiro atoms. The molecule has 1 aromatic heterocycles. The van der Waals surface area contributed by atoms with Crippen LogP contribution in [0.4, 0.5) is 0 Å². The third-order valence-corrected chi connectivity index (χ3v) is 5.39. The van der Waals surface area contributed by atoms with Gasteiger partial charge >= 0.3 is 0 Å². The highest BCUT2D eigenvalue weighted by Crippen LogP contribution is 2.32. The van der Waals surface area contributed by atoms with Crippen molar-refractivity contribution in [3.05, 3.63) is 107 Å². The molecule has 0 saturated carbocycles. The first-order chi connectivity index (χ1) is 14.3. The highest BCUT2D eigenvalue weighted by Gasteiger charge is 2.17. The second kappa shape index (κ2) is 7.61. The maximum Gasteiger partial charge on any atom is 0.226 e. The molecule has 0 amide bonds. The molecular weight excluding hydrogens is 378 g/mol. The van der Waals surface area contributed by atoms with Crippen LogP contribution in [0.25, 0.3) is 28.9 Å². The first-order valence-electron chi connectivity index (χ1n) is 9.60. The standard InChI is InChI=1S/C25H18ClN3/c26-25-28-23(18-9-5-2-6-10-18)27-24(29-25)22-14-13-20-15-19(11-12-21(20)16-22)17-7-3-1-4-8-17/h1-14,16,19H,15H2. The highest BCUT2D eigenvalue weighted by atomic mass is 35.5. The molecule has 1 unspecified atom stereocenters. The summed E-state index contributed by atoms with van der Waals surface area (Å²) in [6.07, 6.45) is 5.46. The maximum atomic E-state index is 6.20. The fourth-order valence-electron chi connectivity index (χ4n) is 3.72. The van der Waals surface area contributed by atoms with Crippen LogP contribution in [0, 0.1) is 0 Å². The third kappa shape index (κ3) is 3.69. The molecule has 0 saturated heterocycles. The van der Waals surface area contributed by atoms with Crippen molar-refractivity contribution < 1.29 is 0 Å². The summed E-state index contributed by atoms with van der Waals surface area (Å²) in [5, 5.41) is 0.200.